The number of rotatable bonds is 1. The van der Waals surface area contributed by atoms with Crippen LogP contribution in [-0.2, 0) is 5.41 Å². The van der Waals surface area contributed by atoms with Crippen LogP contribution in [0.15, 0.2) is 124 Å². The van der Waals surface area contributed by atoms with Crippen LogP contribution in [0.1, 0.15) is 25.0 Å². The summed E-state index contributed by atoms with van der Waals surface area (Å²) in [4.78, 5) is 0. The Hall–Kier alpha value is -5.28. The van der Waals surface area contributed by atoms with Crippen molar-refractivity contribution in [2.24, 2.45) is 0 Å². The zero-order valence-electron chi connectivity index (χ0n) is 23.2. The molecule has 3 heterocycles. The third-order valence-corrected chi connectivity index (χ3v) is 9.57. The van der Waals surface area contributed by atoms with Crippen LogP contribution in [0.3, 0.4) is 0 Å². The molecule has 0 N–H and O–H groups in total. The van der Waals surface area contributed by atoms with E-state index >= 15 is 0 Å². The van der Waals surface area contributed by atoms with Gasteiger partial charge in [0.25, 0.3) is 0 Å². The predicted octanol–water partition coefficient (Wildman–Crippen LogP) is 10.9. The van der Waals surface area contributed by atoms with Gasteiger partial charge < -0.3 is 13.4 Å². The average molecular weight is 540 g/mol. The SMILES string of the molecule is CC1(C)c2ccccc2-c2ccc3c4c5c(ccc4n(-c4ccc6c(c4)oc4ccccc46)c3c21)oc1ccccc15. The molecule has 0 unspecified atom stereocenters. The maximum absolute atomic E-state index is 6.39. The lowest BCUT2D eigenvalue weighted by Gasteiger charge is -2.23. The molecule has 1 aliphatic rings. The van der Waals surface area contributed by atoms with Crippen LogP contribution in [0.2, 0.25) is 0 Å². The van der Waals surface area contributed by atoms with Crippen LogP contribution in [0.4, 0.5) is 0 Å². The van der Waals surface area contributed by atoms with E-state index in [4.69, 9.17) is 8.83 Å². The first-order valence-corrected chi connectivity index (χ1v) is 14.5. The van der Waals surface area contributed by atoms with Gasteiger partial charge in [-0.05, 0) is 58.7 Å². The van der Waals surface area contributed by atoms with Crippen LogP contribution in [-0.4, -0.2) is 4.57 Å². The summed E-state index contributed by atoms with van der Waals surface area (Å²) in [7, 11) is 0. The van der Waals surface area contributed by atoms with Gasteiger partial charge in [0.15, 0.2) is 0 Å². The van der Waals surface area contributed by atoms with E-state index in [0.717, 1.165) is 44.2 Å². The second-order valence-corrected chi connectivity index (χ2v) is 12.1. The van der Waals surface area contributed by atoms with E-state index in [1.807, 2.05) is 18.2 Å². The Kier molecular flexibility index (Phi) is 4.01. The van der Waals surface area contributed by atoms with Crippen molar-refractivity contribution < 1.29 is 8.83 Å². The molecule has 10 rings (SSSR count). The molecule has 0 fully saturated rings. The molecule has 0 bridgehead atoms. The highest BCUT2D eigenvalue weighted by molar-refractivity contribution is 6.28. The van der Waals surface area contributed by atoms with Gasteiger partial charge in [-0.15, -0.1) is 0 Å². The smallest absolute Gasteiger partial charge is 0.137 e. The van der Waals surface area contributed by atoms with Crippen LogP contribution in [0.25, 0.3) is 82.5 Å². The Labute approximate surface area is 241 Å². The van der Waals surface area contributed by atoms with Gasteiger partial charge in [0, 0.05) is 49.5 Å². The summed E-state index contributed by atoms with van der Waals surface area (Å²) in [6, 6.07) is 41.2. The molecule has 0 amide bonds. The molecule has 198 valence electrons. The lowest BCUT2D eigenvalue weighted by atomic mass is 9.81. The zero-order valence-corrected chi connectivity index (χ0v) is 23.2. The van der Waals surface area contributed by atoms with Crippen LogP contribution in [0, 0.1) is 0 Å². The van der Waals surface area contributed by atoms with Crippen molar-refractivity contribution in [2.75, 3.05) is 0 Å². The molecule has 0 saturated carbocycles. The highest BCUT2D eigenvalue weighted by atomic mass is 16.3. The summed E-state index contributed by atoms with van der Waals surface area (Å²) in [5.74, 6) is 0. The largest absolute Gasteiger partial charge is 0.456 e. The van der Waals surface area contributed by atoms with E-state index in [-0.39, 0.29) is 5.41 Å². The van der Waals surface area contributed by atoms with Crippen molar-refractivity contribution >= 4 is 65.7 Å². The minimum Gasteiger partial charge on any atom is -0.456 e. The first-order valence-electron chi connectivity index (χ1n) is 14.5. The summed E-state index contributed by atoms with van der Waals surface area (Å²) in [6.07, 6.45) is 0. The Morgan fingerprint density at radius 2 is 1.21 bits per heavy atom. The third kappa shape index (κ3) is 2.62. The van der Waals surface area contributed by atoms with Gasteiger partial charge in [-0.2, -0.15) is 0 Å². The molecule has 6 aromatic carbocycles. The van der Waals surface area contributed by atoms with E-state index in [0.29, 0.717) is 0 Å². The molecule has 1 aliphatic carbocycles. The molecule has 0 saturated heterocycles. The minimum atomic E-state index is -0.168. The lowest BCUT2D eigenvalue weighted by molar-refractivity contribution is 0.663. The Morgan fingerprint density at radius 1 is 0.524 bits per heavy atom. The van der Waals surface area contributed by atoms with E-state index in [2.05, 4.69) is 115 Å². The first kappa shape index (κ1) is 22.4. The predicted molar refractivity (Wildman–Crippen MR) is 173 cm³/mol. The fourth-order valence-electron chi connectivity index (χ4n) is 7.79. The Balaban J connectivity index is 1.42. The number of aromatic nitrogens is 1. The Bertz CT molecular complexity index is 2610. The average Bonchev–Trinajstić information content (AvgIpc) is 3.73. The first-order chi connectivity index (χ1) is 20.6. The number of para-hydroxylation sites is 2. The summed E-state index contributed by atoms with van der Waals surface area (Å²) in [5.41, 5.74) is 12.3. The molecular weight excluding hydrogens is 514 g/mol. The number of furan rings is 2. The molecule has 0 radical (unpaired) electrons. The van der Waals surface area contributed by atoms with Gasteiger partial charge in [0.05, 0.1) is 11.0 Å². The van der Waals surface area contributed by atoms with Crippen molar-refractivity contribution in [1.29, 1.82) is 0 Å². The quantitative estimate of drug-likeness (QED) is 0.208. The minimum absolute atomic E-state index is 0.168. The van der Waals surface area contributed by atoms with Crippen molar-refractivity contribution in [3.63, 3.8) is 0 Å². The van der Waals surface area contributed by atoms with Gasteiger partial charge in [0.2, 0.25) is 0 Å². The highest BCUT2D eigenvalue weighted by Gasteiger charge is 2.38. The summed E-state index contributed by atoms with van der Waals surface area (Å²) >= 11 is 0. The Morgan fingerprint density at radius 3 is 2.10 bits per heavy atom. The van der Waals surface area contributed by atoms with Crippen LogP contribution in [0.5, 0.6) is 0 Å². The zero-order chi connectivity index (χ0) is 27.7. The molecule has 3 heteroatoms. The molecule has 3 aromatic heterocycles. The molecule has 3 nitrogen and oxygen atoms in total. The van der Waals surface area contributed by atoms with Crippen molar-refractivity contribution in [1.82, 2.24) is 4.57 Å². The van der Waals surface area contributed by atoms with E-state index in [1.165, 1.54) is 49.4 Å². The second kappa shape index (κ2) is 7.51. The highest BCUT2D eigenvalue weighted by Crippen LogP contribution is 2.54. The summed E-state index contributed by atoms with van der Waals surface area (Å²) < 4.78 is 15.2. The van der Waals surface area contributed by atoms with Gasteiger partial charge in [-0.25, -0.2) is 0 Å². The standard InChI is InChI=1S/C39H25NO2/c1-39(2)29-12-6-3-9-23(29)26-17-18-28-35-30(19-20-33-36(35)27-11-5-8-14-32(27)41-33)40(38(28)37(26)39)22-15-16-25-24-10-4-7-13-31(24)42-34(25)21-22/h3-21H,1-2H3. The summed E-state index contributed by atoms with van der Waals surface area (Å²) in [5, 5.41) is 7.07. The molecule has 9 aromatic rings. The normalized spacial score (nSPS) is 14.1. The van der Waals surface area contributed by atoms with E-state index in [1.54, 1.807) is 0 Å². The van der Waals surface area contributed by atoms with Gasteiger partial charge in [-0.1, -0.05) is 86.6 Å². The molecule has 0 atom stereocenters. The van der Waals surface area contributed by atoms with E-state index in [9.17, 15) is 0 Å². The maximum Gasteiger partial charge on any atom is 0.137 e. The lowest BCUT2D eigenvalue weighted by Crippen LogP contribution is -2.16. The number of fused-ring (bicyclic) bond motifs is 14. The fourth-order valence-corrected chi connectivity index (χ4v) is 7.79. The van der Waals surface area contributed by atoms with Gasteiger partial charge in [-0.3, -0.25) is 0 Å². The third-order valence-electron chi connectivity index (χ3n) is 9.57. The van der Waals surface area contributed by atoms with E-state index < -0.39 is 0 Å². The van der Waals surface area contributed by atoms with Crippen LogP contribution >= 0.6 is 0 Å². The molecule has 0 spiro atoms. The van der Waals surface area contributed by atoms with Crippen molar-refractivity contribution in [3.05, 3.63) is 126 Å². The number of hydrogen-bond donors (Lipinski definition) is 0. The second-order valence-electron chi connectivity index (χ2n) is 12.1. The summed E-state index contributed by atoms with van der Waals surface area (Å²) in [6.45, 7) is 4.73. The molecule has 0 aliphatic heterocycles. The number of nitrogens with zero attached hydrogens (tertiary/aromatic N) is 1. The molecule has 42 heavy (non-hydrogen) atoms. The van der Waals surface area contributed by atoms with Crippen molar-refractivity contribution in [2.45, 2.75) is 19.3 Å². The number of hydrogen-bond acceptors (Lipinski definition) is 2. The van der Waals surface area contributed by atoms with Gasteiger partial charge in [0.1, 0.15) is 22.3 Å². The van der Waals surface area contributed by atoms with Gasteiger partial charge >= 0.3 is 0 Å². The number of benzene rings is 6. The fraction of sp³-hybridized carbons (Fsp3) is 0.0769. The maximum atomic E-state index is 6.39. The van der Waals surface area contributed by atoms with Crippen molar-refractivity contribution in [3.8, 4) is 16.8 Å². The topological polar surface area (TPSA) is 31.2 Å². The van der Waals surface area contributed by atoms with Crippen LogP contribution < -0.4 is 0 Å². The molecular formula is C39H25NO2. The monoisotopic (exact) mass is 539 g/mol.